The van der Waals surface area contributed by atoms with Crippen LogP contribution in [0.2, 0.25) is 0 Å². The van der Waals surface area contributed by atoms with E-state index < -0.39 is 0 Å². The molecule has 0 aliphatic heterocycles. The fourth-order valence-corrected chi connectivity index (χ4v) is 4.98. The van der Waals surface area contributed by atoms with Crippen LogP contribution >= 0.6 is 31.9 Å². The topological polar surface area (TPSA) is 18.5 Å². The minimum atomic E-state index is 0.641. The van der Waals surface area contributed by atoms with E-state index in [0.717, 1.165) is 45.3 Å². The van der Waals surface area contributed by atoms with Crippen molar-refractivity contribution < 1.29 is 9.47 Å². The van der Waals surface area contributed by atoms with Gasteiger partial charge in [0.05, 0.1) is 0 Å². The van der Waals surface area contributed by atoms with Crippen molar-refractivity contribution in [3.8, 4) is 23.0 Å². The highest BCUT2D eigenvalue weighted by molar-refractivity contribution is 9.08. The average molecular weight is 652 g/mol. The van der Waals surface area contributed by atoms with Gasteiger partial charge in [0.1, 0.15) is 23.0 Å². The highest BCUT2D eigenvalue weighted by Crippen LogP contribution is 2.37. The molecule has 0 saturated heterocycles. The number of ether oxygens (including phenoxy) is 2. The Hall–Kier alpha value is -3.86. The lowest BCUT2D eigenvalue weighted by Gasteiger charge is -2.16. The molecule has 0 heterocycles. The lowest BCUT2D eigenvalue weighted by atomic mass is 10.1. The molecule has 5 rings (SSSR count). The van der Waals surface area contributed by atoms with Gasteiger partial charge in [-0.3, -0.25) is 0 Å². The number of hydrogen-bond acceptors (Lipinski definition) is 2. The second-order valence-corrected chi connectivity index (χ2v) is 10.3. The van der Waals surface area contributed by atoms with Crippen LogP contribution in [0.1, 0.15) is 33.4 Å². The zero-order chi connectivity index (χ0) is 27.6. The average Bonchev–Trinajstić information content (AvgIpc) is 3.02. The van der Waals surface area contributed by atoms with Crippen LogP contribution in [0.3, 0.4) is 0 Å². The SMILES string of the molecule is BrCc1cc(Oc2ccc(C=Cc3ccccc3)cc2)c(CBr)cc1Oc1ccc(C=Cc2ccccc2)cc1. The Labute approximate surface area is 252 Å². The fourth-order valence-electron chi connectivity index (χ4n) is 4.10. The van der Waals surface area contributed by atoms with Crippen molar-refractivity contribution in [1.82, 2.24) is 0 Å². The predicted molar refractivity (Wildman–Crippen MR) is 175 cm³/mol. The minimum Gasteiger partial charge on any atom is -0.457 e. The molecule has 0 amide bonds. The van der Waals surface area contributed by atoms with Gasteiger partial charge in [0.25, 0.3) is 0 Å². The number of benzene rings is 5. The summed E-state index contributed by atoms with van der Waals surface area (Å²) in [5.74, 6) is 3.17. The van der Waals surface area contributed by atoms with Gasteiger partial charge in [-0.15, -0.1) is 0 Å². The second kappa shape index (κ2) is 14.0. The zero-order valence-corrected chi connectivity index (χ0v) is 25.0. The molecule has 0 fully saturated rings. The molecule has 0 aromatic heterocycles. The quantitative estimate of drug-likeness (QED) is 0.110. The molecular weight excluding hydrogens is 624 g/mol. The van der Waals surface area contributed by atoms with Gasteiger partial charge >= 0.3 is 0 Å². The van der Waals surface area contributed by atoms with Gasteiger partial charge in [0.2, 0.25) is 0 Å². The first-order chi connectivity index (χ1) is 19.7. The third-order valence-corrected chi connectivity index (χ3v) is 7.49. The molecular formula is C36H28Br2O2. The Balaban J connectivity index is 1.28. The standard InChI is InChI=1S/C36H28Br2O2/c37-25-31-24-36(40-34-21-17-30(18-22-34)14-12-28-9-5-2-6-10-28)32(26-38)23-35(31)39-33-19-15-29(16-20-33)13-11-27-7-3-1-4-8-27/h1-24H,25-26H2. The van der Waals surface area contributed by atoms with Gasteiger partial charge < -0.3 is 9.47 Å². The molecule has 0 saturated carbocycles. The first-order valence-electron chi connectivity index (χ1n) is 13.0. The number of alkyl halides is 2. The molecule has 0 aliphatic carbocycles. The number of hydrogen-bond donors (Lipinski definition) is 0. The van der Waals surface area contributed by atoms with E-state index in [1.54, 1.807) is 0 Å². The largest absolute Gasteiger partial charge is 0.457 e. The van der Waals surface area contributed by atoms with E-state index in [1.807, 2.05) is 72.8 Å². The summed E-state index contributed by atoms with van der Waals surface area (Å²) in [6, 6.07) is 40.9. The summed E-state index contributed by atoms with van der Waals surface area (Å²) in [5, 5.41) is 1.28. The molecule has 0 radical (unpaired) electrons. The predicted octanol–water partition coefficient (Wildman–Crippen LogP) is 11.4. The van der Waals surface area contributed by atoms with Crippen LogP contribution in [0, 0.1) is 0 Å². The summed E-state index contributed by atoms with van der Waals surface area (Å²) in [7, 11) is 0. The van der Waals surface area contributed by atoms with Crippen LogP contribution in [0.5, 0.6) is 23.0 Å². The summed E-state index contributed by atoms with van der Waals surface area (Å²) >= 11 is 7.25. The molecule has 198 valence electrons. The van der Waals surface area contributed by atoms with Crippen LogP contribution in [0.25, 0.3) is 24.3 Å². The van der Waals surface area contributed by atoms with Gasteiger partial charge in [-0.1, -0.05) is 141 Å². The lowest BCUT2D eigenvalue weighted by Crippen LogP contribution is -1.96. The Kier molecular flexibility index (Phi) is 9.68. The van der Waals surface area contributed by atoms with Crippen LogP contribution in [0.15, 0.2) is 121 Å². The van der Waals surface area contributed by atoms with Gasteiger partial charge in [0, 0.05) is 21.8 Å². The molecule has 5 aromatic carbocycles. The maximum atomic E-state index is 6.31. The third kappa shape index (κ3) is 7.62. The Morgan fingerprint density at radius 3 is 1.07 bits per heavy atom. The van der Waals surface area contributed by atoms with E-state index in [-0.39, 0.29) is 0 Å². The van der Waals surface area contributed by atoms with E-state index in [1.165, 1.54) is 11.1 Å². The summed E-state index contributed by atoms with van der Waals surface area (Å²) in [6.45, 7) is 0. The van der Waals surface area contributed by atoms with E-state index in [2.05, 4.69) is 105 Å². The molecule has 0 atom stereocenters. The van der Waals surface area contributed by atoms with Gasteiger partial charge in [-0.25, -0.2) is 0 Å². The highest BCUT2D eigenvalue weighted by atomic mass is 79.9. The molecule has 4 heteroatoms. The van der Waals surface area contributed by atoms with Crippen molar-refractivity contribution in [2.45, 2.75) is 10.7 Å². The Bertz CT molecular complexity index is 1450. The van der Waals surface area contributed by atoms with E-state index in [4.69, 9.17) is 9.47 Å². The van der Waals surface area contributed by atoms with E-state index in [9.17, 15) is 0 Å². The summed E-state index contributed by atoms with van der Waals surface area (Å²) in [6.07, 6.45) is 8.41. The zero-order valence-electron chi connectivity index (χ0n) is 21.8. The van der Waals surface area contributed by atoms with Crippen molar-refractivity contribution in [2.24, 2.45) is 0 Å². The first kappa shape index (κ1) is 27.7. The third-order valence-electron chi connectivity index (χ3n) is 6.28. The van der Waals surface area contributed by atoms with Gasteiger partial charge in [-0.2, -0.15) is 0 Å². The van der Waals surface area contributed by atoms with Gasteiger partial charge in [-0.05, 0) is 58.7 Å². The van der Waals surface area contributed by atoms with E-state index in [0.29, 0.717) is 10.7 Å². The van der Waals surface area contributed by atoms with Crippen molar-refractivity contribution >= 4 is 56.2 Å². The molecule has 0 spiro atoms. The molecule has 0 aliphatic rings. The van der Waals surface area contributed by atoms with Crippen LogP contribution < -0.4 is 9.47 Å². The van der Waals surface area contributed by atoms with Crippen LogP contribution in [-0.2, 0) is 10.7 Å². The van der Waals surface area contributed by atoms with Crippen molar-refractivity contribution in [1.29, 1.82) is 0 Å². The highest BCUT2D eigenvalue weighted by Gasteiger charge is 2.13. The number of rotatable bonds is 10. The molecule has 2 nitrogen and oxygen atoms in total. The molecule has 5 aromatic rings. The summed E-state index contributed by atoms with van der Waals surface area (Å²) in [4.78, 5) is 0. The lowest BCUT2D eigenvalue weighted by molar-refractivity contribution is 0.462. The minimum absolute atomic E-state index is 0.641. The summed E-state index contributed by atoms with van der Waals surface area (Å²) < 4.78 is 12.6. The van der Waals surface area contributed by atoms with Crippen molar-refractivity contribution in [3.05, 3.63) is 155 Å². The first-order valence-corrected chi connectivity index (χ1v) is 15.2. The smallest absolute Gasteiger partial charge is 0.132 e. The molecule has 0 bridgehead atoms. The second-order valence-electron chi connectivity index (χ2n) is 9.17. The van der Waals surface area contributed by atoms with Crippen LogP contribution in [0.4, 0.5) is 0 Å². The molecule has 0 unspecified atom stereocenters. The molecule has 40 heavy (non-hydrogen) atoms. The number of halogens is 2. The van der Waals surface area contributed by atoms with Crippen molar-refractivity contribution in [2.75, 3.05) is 0 Å². The normalized spacial score (nSPS) is 11.2. The van der Waals surface area contributed by atoms with E-state index >= 15 is 0 Å². The van der Waals surface area contributed by atoms with Crippen LogP contribution in [-0.4, -0.2) is 0 Å². The maximum Gasteiger partial charge on any atom is 0.132 e. The Morgan fingerprint density at radius 2 is 0.750 bits per heavy atom. The summed E-state index contributed by atoms with van der Waals surface area (Å²) in [5.41, 5.74) is 6.59. The monoisotopic (exact) mass is 650 g/mol. The van der Waals surface area contributed by atoms with Gasteiger partial charge in [0.15, 0.2) is 0 Å². The maximum absolute atomic E-state index is 6.31. The molecule has 0 N–H and O–H groups in total. The Morgan fingerprint density at radius 1 is 0.425 bits per heavy atom. The fraction of sp³-hybridized carbons (Fsp3) is 0.0556. The van der Waals surface area contributed by atoms with Crippen molar-refractivity contribution in [3.63, 3.8) is 0 Å².